The van der Waals surface area contributed by atoms with Crippen LogP contribution in [0.15, 0.2) is 46.5 Å². The first kappa shape index (κ1) is 13.6. The van der Waals surface area contributed by atoms with Gasteiger partial charge in [-0.15, -0.1) is 0 Å². The summed E-state index contributed by atoms with van der Waals surface area (Å²) in [7, 11) is 1.59. The fraction of sp³-hybridized carbons (Fsp3) is 0.0667. The summed E-state index contributed by atoms with van der Waals surface area (Å²) in [6.45, 7) is 0. The predicted molar refractivity (Wildman–Crippen MR) is 78.6 cm³/mol. The Balaban J connectivity index is 1.92. The molecule has 0 bridgehead atoms. The van der Waals surface area contributed by atoms with Crippen LogP contribution in [-0.4, -0.2) is 23.4 Å². The molecule has 106 valence electrons. The lowest BCUT2D eigenvalue weighted by Crippen LogP contribution is -1.86. The number of ether oxygens (including phenoxy) is 1. The van der Waals surface area contributed by atoms with Crippen LogP contribution < -0.4 is 4.74 Å². The van der Waals surface area contributed by atoms with E-state index in [1.165, 1.54) is 17.8 Å². The highest BCUT2D eigenvalue weighted by Crippen LogP contribution is 2.30. The second kappa shape index (κ2) is 5.57. The smallest absolute Gasteiger partial charge is 0.171 e. The molecule has 3 rings (SSSR count). The molecule has 0 aliphatic rings. The third-order valence-electron chi connectivity index (χ3n) is 2.97. The maximum atomic E-state index is 13.9. The number of carbonyl (C=O) groups is 1. The van der Waals surface area contributed by atoms with Crippen molar-refractivity contribution in [2.75, 3.05) is 7.11 Å². The Kier molecular flexibility index (Phi) is 3.62. The molecule has 0 aliphatic heterocycles. The van der Waals surface area contributed by atoms with Gasteiger partial charge in [0.05, 0.1) is 23.0 Å². The van der Waals surface area contributed by atoms with Crippen LogP contribution in [0, 0.1) is 5.82 Å². The summed E-state index contributed by atoms with van der Waals surface area (Å²) < 4.78 is 19.0. The average molecular weight is 302 g/mol. The Morgan fingerprint density at radius 2 is 2.14 bits per heavy atom. The van der Waals surface area contributed by atoms with E-state index in [4.69, 9.17) is 4.74 Å². The molecule has 0 amide bonds. The first-order chi connectivity index (χ1) is 10.2. The zero-order valence-electron chi connectivity index (χ0n) is 11.1. The monoisotopic (exact) mass is 302 g/mol. The summed E-state index contributed by atoms with van der Waals surface area (Å²) >= 11 is 1.17. The zero-order chi connectivity index (χ0) is 14.8. The summed E-state index contributed by atoms with van der Waals surface area (Å²) in [5.41, 5.74) is 1.91. The topological polar surface area (TPSA) is 55.0 Å². The molecule has 4 nitrogen and oxygen atoms in total. The number of benzene rings is 2. The van der Waals surface area contributed by atoms with Crippen molar-refractivity contribution in [3.05, 3.63) is 47.8 Å². The van der Waals surface area contributed by atoms with Crippen LogP contribution in [0.4, 0.5) is 4.39 Å². The van der Waals surface area contributed by atoms with Crippen molar-refractivity contribution in [2.24, 2.45) is 0 Å². The first-order valence-corrected chi connectivity index (χ1v) is 6.97. The Labute approximate surface area is 124 Å². The van der Waals surface area contributed by atoms with Gasteiger partial charge in [-0.3, -0.25) is 4.79 Å². The fourth-order valence-electron chi connectivity index (χ4n) is 1.92. The van der Waals surface area contributed by atoms with Crippen molar-refractivity contribution in [1.82, 2.24) is 9.97 Å². The van der Waals surface area contributed by atoms with Crippen molar-refractivity contribution in [2.45, 2.75) is 10.1 Å². The highest BCUT2D eigenvalue weighted by atomic mass is 32.2. The van der Waals surface area contributed by atoms with Gasteiger partial charge in [-0.25, -0.2) is 9.37 Å². The predicted octanol–water partition coefficient (Wildman–Crippen LogP) is 3.67. The first-order valence-electron chi connectivity index (χ1n) is 6.16. The Bertz CT molecular complexity index is 817. The minimum Gasteiger partial charge on any atom is -0.497 e. The van der Waals surface area contributed by atoms with Gasteiger partial charge in [0.1, 0.15) is 17.9 Å². The van der Waals surface area contributed by atoms with Crippen LogP contribution in [0.5, 0.6) is 5.75 Å². The highest BCUT2D eigenvalue weighted by molar-refractivity contribution is 7.99. The highest BCUT2D eigenvalue weighted by Gasteiger charge is 2.09. The third kappa shape index (κ3) is 2.75. The summed E-state index contributed by atoms with van der Waals surface area (Å²) in [6, 6.07) is 9.83. The Hall–Kier alpha value is -2.34. The molecule has 0 spiro atoms. The number of nitrogens with one attached hydrogen (secondary N) is 1. The van der Waals surface area contributed by atoms with Gasteiger partial charge >= 0.3 is 0 Å². The number of halogens is 1. The van der Waals surface area contributed by atoms with Crippen molar-refractivity contribution in [3.8, 4) is 5.75 Å². The third-order valence-corrected chi connectivity index (χ3v) is 3.90. The molecule has 0 aliphatic carbocycles. The number of aldehydes is 1. The second-order valence-corrected chi connectivity index (χ2v) is 5.37. The summed E-state index contributed by atoms with van der Waals surface area (Å²) in [6.07, 6.45) is 0.616. The fourth-order valence-corrected chi connectivity index (χ4v) is 2.72. The van der Waals surface area contributed by atoms with Crippen LogP contribution in [0.2, 0.25) is 0 Å². The number of rotatable bonds is 4. The van der Waals surface area contributed by atoms with Gasteiger partial charge in [0.2, 0.25) is 0 Å². The molecule has 0 fully saturated rings. The number of nitrogens with zero attached hydrogens (tertiary/aromatic N) is 1. The molecule has 0 saturated carbocycles. The number of aromatic amines is 1. The lowest BCUT2D eigenvalue weighted by molar-refractivity contribution is 0.112. The molecule has 2 aromatic carbocycles. The van der Waals surface area contributed by atoms with Crippen LogP contribution in [0.25, 0.3) is 11.0 Å². The number of fused-ring (bicyclic) bond motifs is 1. The molecule has 1 heterocycles. The van der Waals surface area contributed by atoms with Gasteiger partial charge in [-0.2, -0.15) is 0 Å². The van der Waals surface area contributed by atoms with E-state index in [1.807, 2.05) is 18.2 Å². The standard InChI is InChI=1S/C15H11FN2O2S/c1-20-10-3-4-12-13(7-10)18-15(17-12)21-14-5-2-9(8-19)6-11(14)16/h2-8H,1H3,(H,17,18). The number of methoxy groups -OCH3 is 1. The Morgan fingerprint density at radius 3 is 2.86 bits per heavy atom. The molecule has 1 aromatic heterocycles. The van der Waals surface area contributed by atoms with Crippen LogP contribution in [0.1, 0.15) is 10.4 Å². The number of aromatic nitrogens is 2. The van der Waals surface area contributed by atoms with E-state index in [2.05, 4.69) is 9.97 Å². The van der Waals surface area contributed by atoms with Crippen LogP contribution in [0.3, 0.4) is 0 Å². The lowest BCUT2D eigenvalue weighted by atomic mass is 10.2. The van der Waals surface area contributed by atoms with E-state index >= 15 is 0 Å². The molecule has 3 aromatic rings. The Morgan fingerprint density at radius 1 is 1.29 bits per heavy atom. The minimum atomic E-state index is -0.442. The van der Waals surface area contributed by atoms with E-state index < -0.39 is 5.82 Å². The van der Waals surface area contributed by atoms with Gasteiger partial charge < -0.3 is 9.72 Å². The summed E-state index contributed by atoms with van der Waals surface area (Å²) in [5.74, 6) is 0.284. The van der Waals surface area contributed by atoms with E-state index in [0.29, 0.717) is 21.9 Å². The maximum absolute atomic E-state index is 13.9. The summed E-state index contributed by atoms with van der Waals surface area (Å²) in [5, 5.41) is 0.580. The van der Waals surface area contributed by atoms with Crippen LogP contribution >= 0.6 is 11.8 Å². The van der Waals surface area contributed by atoms with Crippen molar-refractivity contribution >= 4 is 29.1 Å². The molecular weight excluding hydrogens is 291 g/mol. The van der Waals surface area contributed by atoms with Crippen molar-refractivity contribution < 1.29 is 13.9 Å². The number of hydrogen-bond donors (Lipinski definition) is 1. The van der Waals surface area contributed by atoms with Crippen LogP contribution in [-0.2, 0) is 0 Å². The van der Waals surface area contributed by atoms with Crippen molar-refractivity contribution in [3.63, 3.8) is 0 Å². The maximum Gasteiger partial charge on any atom is 0.171 e. The molecule has 1 N–H and O–H groups in total. The number of carbonyl (C=O) groups excluding carboxylic acids is 1. The number of H-pyrrole nitrogens is 1. The number of imidazole rings is 1. The number of hydrogen-bond acceptors (Lipinski definition) is 4. The van der Waals surface area contributed by atoms with E-state index in [0.717, 1.165) is 16.8 Å². The molecule has 21 heavy (non-hydrogen) atoms. The molecule has 0 atom stereocenters. The molecule has 6 heteroatoms. The molecular formula is C15H11FN2O2S. The quantitative estimate of drug-likeness (QED) is 0.747. The van der Waals surface area contributed by atoms with Gasteiger partial charge in [-0.05, 0) is 36.0 Å². The van der Waals surface area contributed by atoms with Gasteiger partial charge in [0.25, 0.3) is 0 Å². The van der Waals surface area contributed by atoms with Gasteiger partial charge in [0, 0.05) is 11.6 Å². The van der Waals surface area contributed by atoms with Crippen molar-refractivity contribution in [1.29, 1.82) is 0 Å². The SMILES string of the molecule is COc1ccc2nc(Sc3ccc(C=O)cc3F)[nH]c2c1. The van der Waals surface area contributed by atoms with E-state index in [9.17, 15) is 9.18 Å². The summed E-state index contributed by atoms with van der Waals surface area (Å²) in [4.78, 5) is 18.5. The molecule has 0 saturated heterocycles. The largest absolute Gasteiger partial charge is 0.497 e. The average Bonchev–Trinajstić information content (AvgIpc) is 2.90. The molecule has 0 radical (unpaired) electrons. The van der Waals surface area contributed by atoms with Gasteiger partial charge in [-0.1, -0.05) is 6.07 Å². The minimum absolute atomic E-state index is 0.311. The normalized spacial score (nSPS) is 10.8. The molecule has 0 unspecified atom stereocenters. The second-order valence-electron chi connectivity index (χ2n) is 4.33. The lowest BCUT2D eigenvalue weighted by Gasteiger charge is -2.00. The zero-order valence-corrected chi connectivity index (χ0v) is 11.9. The van der Waals surface area contributed by atoms with Gasteiger partial charge in [0.15, 0.2) is 5.16 Å². The van der Waals surface area contributed by atoms with E-state index in [-0.39, 0.29) is 0 Å². The van der Waals surface area contributed by atoms with E-state index in [1.54, 1.807) is 19.2 Å².